The number of allylic oxidation sites excluding steroid dienone is 1. The maximum absolute atomic E-state index is 13.8. The van der Waals surface area contributed by atoms with Crippen LogP contribution in [0.5, 0.6) is 5.75 Å². The van der Waals surface area contributed by atoms with Gasteiger partial charge in [-0.15, -0.1) is 0 Å². The molecule has 1 aromatic rings. The predicted octanol–water partition coefficient (Wildman–Crippen LogP) is 2.94. The average Bonchev–Trinajstić information content (AvgIpc) is 2.28. The predicted molar refractivity (Wildman–Crippen MR) is 66.5 cm³/mol. The van der Waals surface area contributed by atoms with Crippen molar-refractivity contribution in [1.82, 2.24) is 0 Å². The van der Waals surface area contributed by atoms with Gasteiger partial charge in [-0.1, -0.05) is 6.08 Å². The zero-order valence-corrected chi connectivity index (χ0v) is 10.2. The molecule has 0 spiro atoms. The van der Waals surface area contributed by atoms with Crippen LogP contribution in [0.15, 0.2) is 18.2 Å². The van der Waals surface area contributed by atoms with E-state index in [1.165, 1.54) is 0 Å². The summed E-state index contributed by atoms with van der Waals surface area (Å²) in [5.41, 5.74) is 5.38. The molecule has 96 valence electrons. The first-order valence-corrected chi connectivity index (χ1v) is 6.47. The number of ether oxygens (including phenoxy) is 1. The molecule has 0 fully saturated rings. The van der Waals surface area contributed by atoms with Crippen LogP contribution in [0.1, 0.15) is 12.0 Å². The first-order valence-electron chi connectivity index (χ1n) is 5.31. The molecule has 6 heteroatoms. The van der Waals surface area contributed by atoms with Crippen molar-refractivity contribution in [3.63, 3.8) is 0 Å². The highest BCUT2D eigenvalue weighted by Gasteiger charge is 2.18. The molecule has 1 amide bonds. The molecule has 0 bridgehead atoms. The molecule has 1 aliphatic heterocycles. The Morgan fingerprint density at radius 2 is 2.00 bits per heavy atom. The number of hydrogen-bond acceptors (Lipinski definition) is 3. The monoisotopic (exact) mass is 271 g/mol. The van der Waals surface area contributed by atoms with Gasteiger partial charge in [0.1, 0.15) is 17.4 Å². The molecular formula is C12H11F2NO2S. The minimum absolute atomic E-state index is 0.0490. The Labute approximate surface area is 107 Å². The molecule has 0 saturated heterocycles. The molecule has 2 N–H and O–H groups in total. The Morgan fingerprint density at radius 1 is 1.33 bits per heavy atom. The molecule has 0 unspecified atom stereocenters. The Balaban J connectivity index is 2.37. The van der Waals surface area contributed by atoms with Crippen molar-refractivity contribution in [2.75, 3.05) is 11.5 Å². The van der Waals surface area contributed by atoms with Gasteiger partial charge in [0.25, 0.3) is 0 Å². The van der Waals surface area contributed by atoms with Crippen LogP contribution in [0.4, 0.5) is 13.6 Å². The van der Waals surface area contributed by atoms with E-state index < -0.39 is 17.7 Å². The summed E-state index contributed by atoms with van der Waals surface area (Å²) in [5, 5.41) is 0. The van der Waals surface area contributed by atoms with Gasteiger partial charge in [-0.05, 0) is 17.7 Å². The summed E-state index contributed by atoms with van der Waals surface area (Å²) < 4.78 is 32.1. The molecule has 0 radical (unpaired) electrons. The standard InChI is InChI=1S/C12H11F2NO2S/c13-9-5-8(17-12(15)16)6-10(14)11(9)7-1-3-18-4-2-7/h1,5-6H,2-4H2,(H2,15,16). The van der Waals surface area contributed by atoms with Crippen molar-refractivity contribution in [3.8, 4) is 5.75 Å². The Morgan fingerprint density at radius 3 is 2.50 bits per heavy atom. The Bertz CT molecular complexity index is 494. The van der Waals surface area contributed by atoms with Crippen LogP contribution in [-0.4, -0.2) is 17.6 Å². The fourth-order valence-corrected chi connectivity index (χ4v) is 2.64. The maximum Gasteiger partial charge on any atom is 0.409 e. The SMILES string of the molecule is NC(=O)Oc1cc(F)c(C2=CCSCC2)c(F)c1. The summed E-state index contributed by atoms with van der Waals surface area (Å²) >= 11 is 1.71. The van der Waals surface area contributed by atoms with Crippen molar-refractivity contribution < 1.29 is 18.3 Å². The molecule has 18 heavy (non-hydrogen) atoms. The molecule has 1 aromatic carbocycles. The van der Waals surface area contributed by atoms with Gasteiger partial charge >= 0.3 is 6.09 Å². The second-order valence-corrected chi connectivity index (χ2v) is 4.89. The smallest absolute Gasteiger partial charge is 0.409 e. The van der Waals surface area contributed by atoms with Crippen molar-refractivity contribution in [1.29, 1.82) is 0 Å². The number of nitrogens with two attached hydrogens (primary N) is 1. The molecule has 3 nitrogen and oxygen atoms in total. The van der Waals surface area contributed by atoms with E-state index in [1.54, 1.807) is 11.8 Å². The van der Waals surface area contributed by atoms with Gasteiger partial charge in [0, 0.05) is 23.4 Å². The first kappa shape index (κ1) is 12.9. The van der Waals surface area contributed by atoms with Crippen LogP contribution in [-0.2, 0) is 0 Å². The molecule has 2 rings (SSSR count). The minimum atomic E-state index is -1.10. The summed E-state index contributed by atoms with van der Waals surface area (Å²) in [4.78, 5) is 10.5. The lowest BCUT2D eigenvalue weighted by Gasteiger charge is -2.15. The molecular weight excluding hydrogens is 260 g/mol. The van der Waals surface area contributed by atoms with Gasteiger partial charge in [-0.25, -0.2) is 13.6 Å². The van der Waals surface area contributed by atoms with Crippen LogP contribution in [0.3, 0.4) is 0 Å². The number of hydrogen-bond donors (Lipinski definition) is 1. The highest BCUT2D eigenvalue weighted by Crippen LogP contribution is 2.31. The number of benzene rings is 1. The summed E-state index contributed by atoms with van der Waals surface area (Å²) in [7, 11) is 0. The summed E-state index contributed by atoms with van der Waals surface area (Å²) in [6, 6.07) is 1.93. The van der Waals surface area contributed by atoms with Crippen molar-refractivity contribution in [3.05, 3.63) is 35.4 Å². The highest BCUT2D eigenvalue weighted by atomic mass is 32.2. The summed E-state index contributed by atoms with van der Waals surface area (Å²) in [6.45, 7) is 0. The van der Waals surface area contributed by atoms with E-state index in [1.807, 2.05) is 6.08 Å². The van der Waals surface area contributed by atoms with E-state index >= 15 is 0 Å². The topological polar surface area (TPSA) is 52.3 Å². The average molecular weight is 271 g/mol. The Hall–Kier alpha value is -1.56. The van der Waals surface area contributed by atoms with Crippen molar-refractivity contribution >= 4 is 23.4 Å². The second kappa shape index (κ2) is 5.39. The zero-order chi connectivity index (χ0) is 13.1. The zero-order valence-electron chi connectivity index (χ0n) is 9.41. The number of thioether (sulfide) groups is 1. The van der Waals surface area contributed by atoms with Gasteiger partial charge in [0.05, 0.1) is 0 Å². The maximum atomic E-state index is 13.8. The van der Waals surface area contributed by atoms with Crippen LogP contribution in [0, 0.1) is 11.6 Å². The summed E-state index contributed by atoms with van der Waals surface area (Å²) in [5.74, 6) is -0.140. The van der Waals surface area contributed by atoms with E-state index in [9.17, 15) is 13.6 Å². The molecule has 0 aliphatic carbocycles. The molecule has 1 aliphatic rings. The van der Waals surface area contributed by atoms with Gasteiger partial charge in [0.15, 0.2) is 0 Å². The number of carbonyl (C=O) groups excluding carboxylic acids is 1. The van der Waals surface area contributed by atoms with Crippen molar-refractivity contribution in [2.24, 2.45) is 5.73 Å². The first-order chi connectivity index (χ1) is 8.58. The van der Waals surface area contributed by atoms with E-state index in [4.69, 9.17) is 5.73 Å². The summed E-state index contributed by atoms with van der Waals surface area (Å²) in [6.07, 6.45) is 1.33. The molecule has 0 aromatic heterocycles. The van der Waals surface area contributed by atoms with E-state index in [2.05, 4.69) is 4.74 Å². The fraction of sp³-hybridized carbons (Fsp3) is 0.250. The van der Waals surface area contributed by atoms with Gasteiger partial charge in [-0.2, -0.15) is 11.8 Å². The van der Waals surface area contributed by atoms with E-state index in [0.717, 1.165) is 23.6 Å². The molecule has 0 saturated carbocycles. The third kappa shape index (κ3) is 2.81. The van der Waals surface area contributed by atoms with Gasteiger partial charge < -0.3 is 10.5 Å². The number of primary amides is 1. The van der Waals surface area contributed by atoms with E-state index in [0.29, 0.717) is 12.0 Å². The van der Waals surface area contributed by atoms with E-state index in [-0.39, 0.29) is 11.3 Å². The van der Waals surface area contributed by atoms with Crippen LogP contribution in [0.2, 0.25) is 0 Å². The van der Waals surface area contributed by atoms with Crippen LogP contribution in [0.25, 0.3) is 5.57 Å². The lowest BCUT2D eigenvalue weighted by molar-refractivity contribution is 0.210. The Kier molecular flexibility index (Phi) is 3.86. The third-order valence-electron chi connectivity index (χ3n) is 2.52. The second-order valence-electron chi connectivity index (χ2n) is 3.74. The number of amides is 1. The van der Waals surface area contributed by atoms with Crippen LogP contribution < -0.4 is 10.5 Å². The lowest BCUT2D eigenvalue weighted by Crippen LogP contribution is -2.16. The fourth-order valence-electron chi connectivity index (χ4n) is 1.79. The number of halogens is 2. The lowest BCUT2D eigenvalue weighted by atomic mass is 10.0. The van der Waals surface area contributed by atoms with Crippen molar-refractivity contribution in [2.45, 2.75) is 6.42 Å². The normalized spacial score (nSPS) is 15.1. The largest absolute Gasteiger partial charge is 0.410 e. The van der Waals surface area contributed by atoms with Gasteiger partial charge in [-0.3, -0.25) is 0 Å². The third-order valence-corrected chi connectivity index (χ3v) is 3.41. The molecule has 1 heterocycles. The molecule has 0 atom stereocenters. The van der Waals surface area contributed by atoms with Crippen LogP contribution >= 0.6 is 11.8 Å². The highest BCUT2D eigenvalue weighted by molar-refractivity contribution is 7.99. The van der Waals surface area contributed by atoms with Gasteiger partial charge in [0.2, 0.25) is 0 Å². The number of carbonyl (C=O) groups is 1. The quantitative estimate of drug-likeness (QED) is 0.899. The minimum Gasteiger partial charge on any atom is -0.410 e. The number of rotatable bonds is 2.